The number of aryl methyl sites for hydroxylation is 1. The molecule has 4 N–H and O–H groups in total. The fourth-order valence-corrected chi connectivity index (χ4v) is 2.05. The lowest BCUT2D eigenvalue weighted by molar-refractivity contribution is 0.107. The van der Waals surface area contributed by atoms with Gasteiger partial charge in [-0.3, -0.25) is 0 Å². The maximum absolute atomic E-state index is 5.58. The standard InChI is InChI=1S/C12H21N5O/c1-2-10-15-11(8-12(16-10)17-13)14-6-5-9-4-3-7-18-9/h8-9H,2-7,13H2,1H3,(H2,14,15,16,17). The minimum atomic E-state index is 0.400. The van der Waals surface area contributed by atoms with E-state index in [0.29, 0.717) is 11.9 Å². The summed E-state index contributed by atoms with van der Waals surface area (Å²) in [7, 11) is 0. The molecular weight excluding hydrogens is 230 g/mol. The highest BCUT2D eigenvalue weighted by Crippen LogP contribution is 2.16. The molecule has 2 rings (SSSR count). The summed E-state index contributed by atoms with van der Waals surface area (Å²) < 4.78 is 5.58. The van der Waals surface area contributed by atoms with Crippen LogP contribution in [0.4, 0.5) is 11.6 Å². The third kappa shape index (κ3) is 3.54. The monoisotopic (exact) mass is 251 g/mol. The molecule has 0 saturated carbocycles. The van der Waals surface area contributed by atoms with Gasteiger partial charge in [-0.05, 0) is 19.3 Å². The number of aromatic nitrogens is 2. The lowest BCUT2D eigenvalue weighted by Crippen LogP contribution is -2.15. The Labute approximate surface area is 107 Å². The molecule has 2 heterocycles. The molecule has 1 unspecified atom stereocenters. The maximum Gasteiger partial charge on any atom is 0.145 e. The summed E-state index contributed by atoms with van der Waals surface area (Å²) in [5.41, 5.74) is 2.56. The van der Waals surface area contributed by atoms with E-state index in [0.717, 1.165) is 37.6 Å². The van der Waals surface area contributed by atoms with E-state index < -0.39 is 0 Å². The second-order valence-electron chi connectivity index (χ2n) is 4.40. The van der Waals surface area contributed by atoms with Crippen LogP contribution >= 0.6 is 0 Å². The summed E-state index contributed by atoms with van der Waals surface area (Å²) in [5, 5.41) is 3.29. The first-order valence-electron chi connectivity index (χ1n) is 6.52. The molecule has 1 aromatic heterocycles. The molecule has 1 atom stereocenters. The van der Waals surface area contributed by atoms with Gasteiger partial charge in [0.15, 0.2) is 0 Å². The molecular formula is C12H21N5O. The van der Waals surface area contributed by atoms with Crippen molar-refractivity contribution in [3.05, 3.63) is 11.9 Å². The van der Waals surface area contributed by atoms with Gasteiger partial charge in [0.05, 0.1) is 6.10 Å². The SMILES string of the molecule is CCc1nc(NN)cc(NCCC2CCCO2)n1. The van der Waals surface area contributed by atoms with Crippen LogP contribution in [0.1, 0.15) is 32.0 Å². The van der Waals surface area contributed by atoms with Gasteiger partial charge in [0.25, 0.3) is 0 Å². The Hall–Kier alpha value is -1.40. The molecule has 0 amide bonds. The first-order valence-corrected chi connectivity index (χ1v) is 6.52. The number of hydrazine groups is 1. The van der Waals surface area contributed by atoms with Crippen molar-refractivity contribution in [1.29, 1.82) is 0 Å². The number of hydrogen-bond donors (Lipinski definition) is 3. The normalized spacial score (nSPS) is 18.9. The Bertz CT molecular complexity index is 356. The molecule has 6 heteroatoms. The molecule has 6 nitrogen and oxygen atoms in total. The van der Waals surface area contributed by atoms with Crippen molar-refractivity contribution >= 4 is 11.6 Å². The topological polar surface area (TPSA) is 85.1 Å². The zero-order valence-electron chi connectivity index (χ0n) is 10.8. The average molecular weight is 251 g/mol. The molecule has 1 aliphatic heterocycles. The summed E-state index contributed by atoms with van der Waals surface area (Å²) in [6.45, 7) is 3.78. The lowest BCUT2D eigenvalue weighted by Gasteiger charge is -2.11. The van der Waals surface area contributed by atoms with E-state index in [4.69, 9.17) is 10.6 Å². The molecule has 1 aliphatic rings. The van der Waals surface area contributed by atoms with Crippen molar-refractivity contribution in [1.82, 2.24) is 9.97 Å². The molecule has 0 bridgehead atoms. The average Bonchev–Trinajstić information content (AvgIpc) is 2.91. The van der Waals surface area contributed by atoms with Gasteiger partial charge in [0.2, 0.25) is 0 Å². The van der Waals surface area contributed by atoms with Crippen LogP contribution in [0.3, 0.4) is 0 Å². The van der Waals surface area contributed by atoms with Crippen molar-refractivity contribution in [2.45, 2.75) is 38.7 Å². The van der Waals surface area contributed by atoms with Crippen LogP contribution in [0.25, 0.3) is 0 Å². The third-order valence-corrected chi connectivity index (χ3v) is 3.03. The van der Waals surface area contributed by atoms with Crippen LogP contribution in [-0.4, -0.2) is 29.2 Å². The highest BCUT2D eigenvalue weighted by atomic mass is 16.5. The number of nitrogens with two attached hydrogens (primary N) is 1. The Morgan fingerprint density at radius 1 is 1.44 bits per heavy atom. The number of anilines is 2. The highest BCUT2D eigenvalue weighted by molar-refractivity contribution is 5.46. The fourth-order valence-electron chi connectivity index (χ4n) is 2.05. The molecule has 1 saturated heterocycles. The van der Waals surface area contributed by atoms with Gasteiger partial charge in [0, 0.05) is 25.6 Å². The van der Waals surface area contributed by atoms with Crippen molar-refractivity contribution in [2.24, 2.45) is 5.84 Å². The van der Waals surface area contributed by atoms with E-state index >= 15 is 0 Å². The second-order valence-corrected chi connectivity index (χ2v) is 4.40. The number of rotatable bonds is 6. The van der Waals surface area contributed by atoms with Gasteiger partial charge in [-0.25, -0.2) is 15.8 Å². The van der Waals surface area contributed by atoms with Gasteiger partial charge < -0.3 is 15.5 Å². The lowest BCUT2D eigenvalue weighted by atomic mass is 10.2. The molecule has 18 heavy (non-hydrogen) atoms. The second kappa shape index (κ2) is 6.51. The first-order chi connectivity index (χ1) is 8.81. The number of ether oxygens (including phenoxy) is 1. The van der Waals surface area contributed by atoms with Crippen molar-refractivity contribution in [2.75, 3.05) is 23.9 Å². The van der Waals surface area contributed by atoms with Crippen LogP contribution in [0.15, 0.2) is 6.07 Å². The van der Waals surface area contributed by atoms with E-state index in [-0.39, 0.29) is 0 Å². The fraction of sp³-hybridized carbons (Fsp3) is 0.667. The zero-order chi connectivity index (χ0) is 12.8. The molecule has 1 aromatic rings. The third-order valence-electron chi connectivity index (χ3n) is 3.03. The summed E-state index contributed by atoms with van der Waals surface area (Å²) in [6.07, 6.45) is 4.55. The Kier molecular flexibility index (Phi) is 4.72. The highest BCUT2D eigenvalue weighted by Gasteiger charge is 2.14. The van der Waals surface area contributed by atoms with Crippen molar-refractivity contribution in [3.63, 3.8) is 0 Å². The predicted molar refractivity (Wildman–Crippen MR) is 71.3 cm³/mol. The molecule has 0 aliphatic carbocycles. The van der Waals surface area contributed by atoms with Crippen LogP contribution in [-0.2, 0) is 11.2 Å². The van der Waals surface area contributed by atoms with Crippen LogP contribution in [0.2, 0.25) is 0 Å². The van der Waals surface area contributed by atoms with E-state index in [1.165, 1.54) is 12.8 Å². The van der Waals surface area contributed by atoms with Crippen LogP contribution < -0.4 is 16.6 Å². The van der Waals surface area contributed by atoms with Gasteiger partial charge in [-0.1, -0.05) is 6.92 Å². The Morgan fingerprint density at radius 2 is 2.28 bits per heavy atom. The van der Waals surface area contributed by atoms with Crippen molar-refractivity contribution in [3.8, 4) is 0 Å². The molecule has 0 aromatic carbocycles. The first kappa shape index (κ1) is 13.0. The van der Waals surface area contributed by atoms with E-state index in [9.17, 15) is 0 Å². The molecule has 0 spiro atoms. The summed E-state index contributed by atoms with van der Waals surface area (Å²) in [4.78, 5) is 8.65. The Balaban J connectivity index is 1.87. The van der Waals surface area contributed by atoms with E-state index in [2.05, 4.69) is 20.7 Å². The summed E-state index contributed by atoms with van der Waals surface area (Å²) in [5.74, 6) is 7.62. The van der Waals surface area contributed by atoms with E-state index in [1.807, 2.05) is 13.0 Å². The number of nitrogens with one attached hydrogen (secondary N) is 2. The van der Waals surface area contributed by atoms with Gasteiger partial charge in [-0.2, -0.15) is 0 Å². The summed E-state index contributed by atoms with van der Waals surface area (Å²) >= 11 is 0. The number of nitrogen functional groups attached to an aromatic ring is 1. The molecule has 1 fully saturated rings. The molecule has 100 valence electrons. The van der Waals surface area contributed by atoms with Gasteiger partial charge in [-0.15, -0.1) is 0 Å². The van der Waals surface area contributed by atoms with E-state index in [1.54, 1.807) is 0 Å². The minimum Gasteiger partial charge on any atom is -0.378 e. The smallest absolute Gasteiger partial charge is 0.145 e. The largest absolute Gasteiger partial charge is 0.378 e. The quantitative estimate of drug-likeness (QED) is 0.522. The maximum atomic E-state index is 5.58. The van der Waals surface area contributed by atoms with Gasteiger partial charge >= 0.3 is 0 Å². The minimum absolute atomic E-state index is 0.400. The van der Waals surface area contributed by atoms with Crippen LogP contribution in [0.5, 0.6) is 0 Å². The van der Waals surface area contributed by atoms with Crippen LogP contribution in [0, 0.1) is 0 Å². The molecule has 0 radical (unpaired) electrons. The predicted octanol–water partition coefficient (Wildman–Crippen LogP) is 1.31. The summed E-state index contributed by atoms with van der Waals surface area (Å²) in [6, 6.07) is 1.81. The number of nitrogens with zero attached hydrogens (tertiary/aromatic N) is 2. The zero-order valence-corrected chi connectivity index (χ0v) is 10.8. The van der Waals surface area contributed by atoms with Crippen molar-refractivity contribution < 1.29 is 4.74 Å². The Morgan fingerprint density at radius 3 is 2.94 bits per heavy atom. The number of hydrogen-bond acceptors (Lipinski definition) is 6. The van der Waals surface area contributed by atoms with Gasteiger partial charge in [0.1, 0.15) is 17.5 Å².